The second-order valence-corrected chi connectivity index (χ2v) is 8.33. The fraction of sp³-hybridized carbons (Fsp3) is 0.280. The van der Waals surface area contributed by atoms with Crippen molar-refractivity contribution in [3.05, 3.63) is 87.5 Å². The Morgan fingerprint density at radius 1 is 1.09 bits per heavy atom. The number of hydrogen-bond donors (Lipinski definition) is 1. The standard InChI is InChI=1S/C25H26N6O2/c1-3-18-8-6-7-11-21(18)27-23(32)16-30-25(33)31-22(28-30)14-17(2)26-24(31)29-13-12-19-9-4-5-10-20(19)15-29/h4-11,14H,3,12-13,15-16H2,1-2H3,(H,27,32). The lowest BCUT2D eigenvalue weighted by molar-refractivity contribution is -0.117. The second-order valence-electron chi connectivity index (χ2n) is 8.33. The Morgan fingerprint density at radius 3 is 2.67 bits per heavy atom. The third kappa shape index (κ3) is 4.00. The first-order valence-corrected chi connectivity index (χ1v) is 11.2. The molecule has 3 heterocycles. The van der Waals surface area contributed by atoms with Gasteiger partial charge in [-0.05, 0) is 42.5 Å². The Kier molecular flexibility index (Phi) is 5.42. The number of carbonyl (C=O) groups excluding carboxylic acids is 1. The first kappa shape index (κ1) is 20.9. The molecule has 0 spiro atoms. The van der Waals surface area contributed by atoms with Crippen LogP contribution in [0.2, 0.25) is 0 Å². The van der Waals surface area contributed by atoms with E-state index in [1.54, 1.807) is 6.07 Å². The highest BCUT2D eigenvalue weighted by Gasteiger charge is 2.23. The monoisotopic (exact) mass is 442 g/mol. The summed E-state index contributed by atoms with van der Waals surface area (Å²) in [5.74, 6) is 0.270. The molecule has 1 N–H and O–H groups in total. The van der Waals surface area contributed by atoms with Crippen molar-refractivity contribution in [2.24, 2.45) is 0 Å². The van der Waals surface area contributed by atoms with Crippen LogP contribution in [-0.4, -0.2) is 31.6 Å². The number of amides is 1. The zero-order valence-corrected chi connectivity index (χ0v) is 18.8. The molecule has 1 amide bonds. The van der Waals surface area contributed by atoms with E-state index in [0.29, 0.717) is 18.1 Å². The quantitative estimate of drug-likeness (QED) is 0.514. The van der Waals surface area contributed by atoms with Crippen LogP contribution in [0.1, 0.15) is 29.3 Å². The van der Waals surface area contributed by atoms with Crippen LogP contribution in [0.25, 0.3) is 5.65 Å². The summed E-state index contributed by atoms with van der Waals surface area (Å²) in [6.07, 6.45) is 1.69. The number of anilines is 2. The van der Waals surface area contributed by atoms with E-state index in [4.69, 9.17) is 0 Å². The Bertz CT molecular complexity index is 1400. The molecule has 4 aromatic rings. The molecule has 5 rings (SSSR count). The van der Waals surface area contributed by atoms with Gasteiger partial charge in [0.15, 0.2) is 5.65 Å². The average molecular weight is 443 g/mol. The van der Waals surface area contributed by atoms with Crippen molar-refractivity contribution in [1.29, 1.82) is 0 Å². The van der Waals surface area contributed by atoms with Crippen LogP contribution >= 0.6 is 0 Å². The largest absolute Gasteiger partial charge is 0.353 e. The molecule has 0 unspecified atom stereocenters. The summed E-state index contributed by atoms with van der Waals surface area (Å²) in [6.45, 7) is 5.19. The van der Waals surface area contributed by atoms with Crippen LogP contribution in [0.3, 0.4) is 0 Å². The summed E-state index contributed by atoms with van der Waals surface area (Å²) in [4.78, 5) is 32.8. The molecule has 0 aliphatic carbocycles. The molecule has 0 fully saturated rings. The number of nitrogens with one attached hydrogen (secondary N) is 1. The number of carbonyl (C=O) groups is 1. The van der Waals surface area contributed by atoms with Gasteiger partial charge >= 0.3 is 5.69 Å². The third-order valence-electron chi connectivity index (χ3n) is 6.06. The summed E-state index contributed by atoms with van der Waals surface area (Å²) >= 11 is 0. The van der Waals surface area contributed by atoms with Gasteiger partial charge in [-0.2, -0.15) is 0 Å². The first-order valence-electron chi connectivity index (χ1n) is 11.2. The van der Waals surface area contributed by atoms with Gasteiger partial charge in [0.05, 0.1) is 0 Å². The zero-order valence-electron chi connectivity index (χ0n) is 18.8. The average Bonchev–Trinajstić information content (AvgIpc) is 3.13. The molecule has 8 heteroatoms. The third-order valence-corrected chi connectivity index (χ3v) is 6.06. The van der Waals surface area contributed by atoms with Crippen LogP contribution in [0.5, 0.6) is 0 Å². The van der Waals surface area contributed by atoms with E-state index < -0.39 is 0 Å². The number of aromatic nitrogens is 4. The predicted molar refractivity (Wildman–Crippen MR) is 128 cm³/mol. The smallest absolute Gasteiger partial charge is 0.337 e. The Labute approximate surface area is 191 Å². The van der Waals surface area contributed by atoms with Crippen LogP contribution in [0.4, 0.5) is 11.6 Å². The lowest BCUT2D eigenvalue weighted by Gasteiger charge is -2.29. The van der Waals surface area contributed by atoms with E-state index in [1.807, 2.05) is 44.2 Å². The number of nitrogens with zero attached hydrogens (tertiary/aromatic N) is 5. The van der Waals surface area contributed by atoms with Crippen molar-refractivity contribution < 1.29 is 4.79 Å². The maximum absolute atomic E-state index is 13.3. The normalized spacial score (nSPS) is 13.2. The van der Waals surface area contributed by atoms with Crippen molar-refractivity contribution in [3.8, 4) is 0 Å². The molecule has 33 heavy (non-hydrogen) atoms. The van der Waals surface area contributed by atoms with Crippen molar-refractivity contribution in [2.75, 3.05) is 16.8 Å². The van der Waals surface area contributed by atoms with Crippen LogP contribution in [0, 0.1) is 6.92 Å². The predicted octanol–water partition coefficient (Wildman–Crippen LogP) is 2.96. The van der Waals surface area contributed by atoms with Gasteiger partial charge < -0.3 is 10.2 Å². The van der Waals surface area contributed by atoms with Crippen molar-refractivity contribution in [2.45, 2.75) is 39.8 Å². The van der Waals surface area contributed by atoms with Gasteiger partial charge in [-0.15, -0.1) is 5.10 Å². The molecule has 2 aromatic carbocycles. The minimum Gasteiger partial charge on any atom is -0.337 e. The second kappa shape index (κ2) is 8.54. The van der Waals surface area contributed by atoms with E-state index in [1.165, 1.54) is 20.2 Å². The fourth-order valence-electron chi connectivity index (χ4n) is 4.39. The van der Waals surface area contributed by atoms with Crippen LogP contribution in [0.15, 0.2) is 59.4 Å². The molecule has 1 aliphatic heterocycles. The Morgan fingerprint density at radius 2 is 1.85 bits per heavy atom. The molecule has 0 radical (unpaired) electrons. The van der Waals surface area contributed by atoms with Crippen LogP contribution < -0.4 is 15.9 Å². The first-order chi connectivity index (χ1) is 16.0. The molecule has 0 saturated heterocycles. The molecule has 0 bridgehead atoms. The topological polar surface area (TPSA) is 84.5 Å². The molecular formula is C25H26N6O2. The molecule has 8 nitrogen and oxygen atoms in total. The zero-order chi connectivity index (χ0) is 22.9. The number of fused-ring (bicyclic) bond motifs is 2. The maximum atomic E-state index is 13.3. The molecule has 168 valence electrons. The van der Waals surface area contributed by atoms with Gasteiger partial charge in [-0.25, -0.2) is 18.9 Å². The van der Waals surface area contributed by atoms with Crippen molar-refractivity contribution >= 4 is 23.2 Å². The van der Waals surface area contributed by atoms with Crippen LogP contribution in [-0.2, 0) is 30.7 Å². The Balaban J connectivity index is 1.46. The minimum absolute atomic E-state index is 0.167. The van der Waals surface area contributed by atoms with E-state index in [2.05, 4.69) is 38.5 Å². The van der Waals surface area contributed by atoms with Gasteiger partial charge in [0.25, 0.3) is 0 Å². The molecular weight excluding hydrogens is 416 g/mol. The lowest BCUT2D eigenvalue weighted by atomic mass is 10.0. The van der Waals surface area contributed by atoms with Gasteiger partial charge in [0.1, 0.15) is 6.54 Å². The molecule has 1 aliphatic rings. The van der Waals surface area contributed by atoms with Gasteiger partial charge in [0, 0.05) is 30.5 Å². The summed E-state index contributed by atoms with van der Waals surface area (Å²) in [5, 5.41) is 7.34. The summed E-state index contributed by atoms with van der Waals surface area (Å²) < 4.78 is 2.72. The number of para-hydroxylation sites is 1. The van der Waals surface area contributed by atoms with Gasteiger partial charge in [-0.3, -0.25) is 4.79 Å². The maximum Gasteiger partial charge on any atom is 0.353 e. The Hall–Kier alpha value is -3.94. The lowest BCUT2D eigenvalue weighted by Crippen LogP contribution is -2.35. The van der Waals surface area contributed by atoms with E-state index in [9.17, 15) is 9.59 Å². The molecule has 0 saturated carbocycles. The SMILES string of the molecule is CCc1ccccc1NC(=O)Cn1nc2cc(C)nc(N3CCc4ccccc4C3)n2c1=O. The van der Waals surface area contributed by atoms with Gasteiger partial charge in [-0.1, -0.05) is 49.4 Å². The van der Waals surface area contributed by atoms with E-state index in [0.717, 1.165) is 36.3 Å². The van der Waals surface area contributed by atoms with Crippen molar-refractivity contribution in [3.63, 3.8) is 0 Å². The highest BCUT2D eigenvalue weighted by Crippen LogP contribution is 2.23. The summed E-state index contributed by atoms with van der Waals surface area (Å²) in [5.41, 5.74) is 5.25. The van der Waals surface area contributed by atoms with E-state index >= 15 is 0 Å². The van der Waals surface area contributed by atoms with E-state index in [-0.39, 0.29) is 18.1 Å². The highest BCUT2D eigenvalue weighted by atomic mass is 16.2. The number of hydrogen-bond acceptors (Lipinski definition) is 5. The molecule has 2 aromatic heterocycles. The van der Waals surface area contributed by atoms with Gasteiger partial charge in [0.2, 0.25) is 11.9 Å². The molecule has 0 atom stereocenters. The minimum atomic E-state index is -0.370. The van der Waals surface area contributed by atoms with Crippen molar-refractivity contribution in [1.82, 2.24) is 19.2 Å². The number of rotatable bonds is 5. The highest BCUT2D eigenvalue weighted by molar-refractivity contribution is 5.91. The summed E-state index contributed by atoms with van der Waals surface area (Å²) in [6, 6.07) is 17.8. The fourth-order valence-corrected chi connectivity index (χ4v) is 4.39. The summed E-state index contributed by atoms with van der Waals surface area (Å²) in [7, 11) is 0. The number of benzene rings is 2. The number of aryl methyl sites for hydroxylation is 2.